The van der Waals surface area contributed by atoms with Gasteiger partial charge in [-0.2, -0.15) is 0 Å². The lowest BCUT2D eigenvalue weighted by atomic mass is 10.3. The molecule has 94 valence electrons. The van der Waals surface area contributed by atoms with Crippen molar-refractivity contribution in [3.8, 4) is 0 Å². The van der Waals surface area contributed by atoms with Crippen LogP contribution < -0.4 is 10.6 Å². The molecule has 0 saturated heterocycles. The van der Waals surface area contributed by atoms with E-state index in [2.05, 4.69) is 26.6 Å². The van der Waals surface area contributed by atoms with Crippen molar-refractivity contribution in [1.82, 2.24) is 5.32 Å². The third-order valence-corrected chi connectivity index (χ3v) is 2.72. The van der Waals surface area contributed by atoms with E-state index in [9.17, 15) is 4.79 Å². The normalized spacial score (nSPS) is 12.2. The van der Waals surface area contributed by atoms with Crippen molar-refractivity contribution < 1.29 is 15.0 Å². The van der Waals surface area contributed by atoms with Gasteiger partial charge in [-0.1, -0.05) is 12.1 Å². The summed E-state index contributed by atoms with van der Waals surface area (Å²) < 4.78 is 0.809. The Morgan fingerprint density at radius 2 is 2.12 bits per heavy atom. The fourth-order valence-corrected chi connectivity index (χ4v) is 1.56. The van der Waals surface area contributed by atoms with Crippen LogP contribution in [0.25, 0.3) is 0 Å². The van der Waals surface area contributed by atoms with Gasteiger partial charge >= 0.3 is 0 Å². The summed E-state index contributed by atoms with van der Waals surface area (Å²) in [5.41, 5.74) is 0.696. The molecular formula is C11H15BrN2O3. The number of halogens is 1. The summed E-state index contributed by atoms with van der Waals surface area (Å²) in [6, 6.07) is 7.29. The number of carbonyl (C=O) groups is 1. The Labute approximate surface area is 108 Å². The second-order valence-electron chi connectivity index (χ2n) is 3.50. The second kappa shape index (κ2) is 7.39. The first-order valence-corrected chi connectivity index (χ1v) is 5.97. The van der Waals surface area contributed by atoms with Crippen LogP contribution in [0, 0.1) is 0 Å². The van der Waals surface area contributed by atoms with E-state index in [0.717, 1.165) is 4.47 Å². The predicted molar refractivity (Wildman–Crippen MR) is 68.7 cm³/mol. The Kier molecular flexibility index (Phi) is 6.13. The number of hydrogen-bond acceptors (Lipinski definition) is 4. The van der Waals surface area contributed by atoms with Crippen LogP contribution in [0.1, 0.15) is 0 Å². The van der Waals surface area contributed by atoms with Gasteiger partial charge < -0.3 is 20.8 Å². The number of benzene rings is 1. The van der Waals surface area contributed by atoms with Gasteiger partial charge in [0.05, 0.1) is 24.9 Å². The molecule has 0 heterocycles. The lowest BCUT2D eigenvalue weighted by Gasteiger charge is -2.10. The Bertz CT molecular complexity index is 373. The van der Waals surface area contributed by atoms with Crippen LogP contribution in [0.3, 0.4) is 0 Å². The molecule has 5 nitrogen and oxygen atoms in total. The Morgan fingerprint density at radius 3 is 2.76 bits per heavy atom. The molecular weight excluding hydrogens is 288 g/mol. The van der Waals surface area contributed by atoms with E-state index in [1.807, 2.05) is 18.2 Å². The molecule has 1 aromatic carbocycles. The largest absolute Gasteiger partial charge is 0.394 e. The molecule has 0 aliphatic carbocycles. The summed E-state index contributed by atoms with van der Waals surface area (Å²) in [6.45, 7) is -0.0584. The number of aliphatic hydroxyl groups excluding tert-OH is 2. The minimum absolute atomic E-state index is 0.0817. The van der Waals surface area contributed by atoms with Crippen molar-refractivity contribution in [1.29, 1.82) is 0 Å². The number of amides is 1. The quantitative estimate of drug-likeness (QED) is 0.610. The van der Waals surface area contributed by atoms with Crippen molar-refractivity contribution in [3.63, 3.8) is 0 Å². The SMILES string of the molecule is O=C(CNCC(O)CO)Nc1ccccc1Br. The van der Waals surface area contributed by atoms with Gasteiger partial charge in [-0.3, -0.25) is 4.79 Å². The maximum Gasteiger partial charge on any atom is 0.238 e. The van der Waals surface area contributed by atoms with Gasteiger partial charge in [0.15, 0.2) is 0 Å². The fraction of sp³-hybridized carbons (Fsp3) is 0.364. The van der Waals surface area contributed by atoms with Crippen molar-refractivity contribution in [2.24, 2.45) is 0 Å². The molecule has 17 heavy (non-hydrogen) atoms. The van der Waals surface area contributed by atoms with Crippen LogP contribution in [-0.4, -0.2) is 41.9 Å². The number of carbonyl (C=O) groups excluding carboxylic acids is 1. The van der Waals surface area contributed by atoms with Crippen LogP contribution in [0.5, 0.6) is 0 Å². The van der Waals surface area contributed by atoms with Crippen molar-refractivity contribution in [2.45, 2.75) is 6.10 Å². The summed E-state index contributed by atoms with van der Waals surface area (Å²) in [5.74, 6) is -0.206. The molecule has 1 unspecified atom stereocenters. The highest BCUT2D eigenvalue weighted by Gasteiger charge is 2.06. The first-order valence-electron chi connectivity index (χ1n) is 5.17. The summed E-state index contributed by atoms with van der Waals surface area (Å²) in [4.78, 5) is 11.5. The number of para-hydroxylation sites is 1. The van der Waals surface area contributed by atoms with Crippen LogP contribution in [0.2, 0.25) is 0 Å². The van der Waals surface area contributed by atoms with E-state index in [4.69, 9.17) is 10.2 Å². The zero-order valence-corrected chi connectivity index (χ0v) is 10.8. The highest BCUT2D eigenvalue weighted by molar-refractivity contribution is 9.10. The average molecular weight is 303 g/mol. The predicted octanol–water partition coefficient (Wildman–Crippen LogP) is 0.330. The number of anilines is 1. The minimum atomic E-state index is -0.841. The van der Waals surface area contributed by atoms with Crippen LogP contribution in [-0.2, 0) is 4.79 Å². The highest BCUT2D eigenvalue weighted by atomic mass is 79.9. The number of rotatable bonds is 6. The molecule has 1 rings (SSSR count). The van der Waals surface area contributed by atoms with Crippen molar-refractivity contribution in [2.75, 3.05) is 25.0 Å². The zero-order chi connectivity index (χ0) is 12.7. The molecule has 6 heteroatoms. The van der Waals surface area contributed by atoms with E-state index in [1.165, 1.54) is 0 Å². The first kappa shape index (κ1) is 14.1. The minimum Gasteiger partial charge on any atom is -0.394 e. The molecule has 0 aromatic heterocycles. The maximum atomic E-state index is 11.5. The summed E-state index contributed by atoms with van der Waals surface area (Å²) in [7, 11) is 0. The molecule has 0 saturated carbocycles. The molecule has 1 aromatic rings. The number of hydrogen-bond donors (Lipinski definition) is 4. The topological polar surface area (TPSA) is 81.6 Å². The molecule has 0 fully saturated rings. The van der Waals surface area contributed by atoms with Gasteiger partial charge in [-0.25, -0.2) is 0 Å². The molecule has 1 atom stereocenters. The Morgan fingerprint density at radius 1 is 1.41 bits per heavy atom. The van der Waals surface area contributed by atoms with Gasteiger partial charge in [0.2, 0.25) is 5.91 Å². The molecule has 0 aliphatic heterocycles. The smallest absolute Gasteiger partial charge is 0.238 e. The van der Waals surface area contributed by atoms with Crippen LogP contribution in [0.15, 0.2) is 28.7 Å². The van der Waals surface area contributed by atoms with E-state index in [-0.39, 0.29) is 25.6 Å². The van der Waals surface area contributed by atoms with Gasteiger partial charge in [0.25, 0.3) is 0 Å². The lowest BCUT2D eigenvalue weighted by molar-refractivity contribution is -0.115. The van der Waals surface area contributed by atoms with E-state index >= 15 is 0 Å². The molecule has 0 aliphatic rings. The summed E-state index contributed by atoms with van der Waals surface area (Å²) in [6.07, 6.45) is -0.841. The molecule has 0 bridgehead atoms. The van der Waals surface area contributed by atoms with Crippen LogP contribution >= 0.6 is 15.9 Å². The number of nitrogens with one attached hydrogen (secondary N) is 2. The van der Waals surface area contributed by atoms with Gasteiger partial charge in [-0.05, 0) is 28.1 Å². The third kappa shape index (κ3) is 5.27. The highest BCUT2D eigenvalue weighted by Crippen LogP contribution is 2.20. The Hall–Kier alpha value is -0.950. The summed E-state index contributed by atoms with van der Waals surface area (Å²) in [5, 5.41) is 23.1. The standard InChI is InChI=1S/C11H15BrN2O3/c12-9-3-1-2-4-10(9)14-11(17)6-13-5-8(16)7-15/h1-4,8,13,15-16H,5-7H2,(H,14,17). The second-order valence-corrected chi connectivity index (χ2v) is 4.35. The zero-order valence-electron chi connectivity index (χ0n) is 9.19. The van der Waals surface area contributed by atoms with E-state index < -0.39 is 6.10 Å². The summed E-state index contributed by atoms with van der Waals surface area (Å²) >= 11 is 3.32. The number of aliphatic hydroxyl groups is 2. The molecule has 1 amide bonds. The van der Waals surface area contributed by atoms with E-state index in [1.54, 1.807) is 6.07 Å². The monoisotopic (exact) mass is 302 g/mol. The average Bonchev–Trinajstić information content (AvgIpc) is 2.32. The van der Waals surface area contributed by atoms with Crippen LogP contribution in [0.4, 0.5) is 5.69 Å². The van der Waals surface area contributed by atoms with Gasteiger partial charge in [0.1, 0.15) is 0 Å². The van der Waals surface area contributed by atoms with Gasteiger partial charge in [0, 0.05) is 11.0 Å². The van der Waals surface area contributed by atoms with Gasteiger partial charge in [-0.15, -0.1) is 0 Å². The lowest BCUT2D eigenvalue weighted by Crippen LogP contribution is -2.35. The first-order chi connectivity index (χ1) is 8.13. The Balaban J connectivity index is 2.33. The van der Waals surface area contributed by atoms with Crippen molar-refractivity contribution >= 4 is 27.5 Å². The maximum absolute atomic E-state index is 11.5. The van der Waals surface area contributed by atoms with E-state index in [0.29, 0.717) is 5.69 Å². The van der Waals surface area contributed by atoms with Crippen molar-refractivity contribution in [3.05, 3.63) is 28.7 Å². The fourth-order valence-electron chi connectivity index (χ4n) is 1.17. The molecule has 0 spiro atoms. The molecule has 4 N–H and O–H groups in total. The third-order valence-electron chi connectivity index (χ3n) is 2.02. The molecule has 0 radical (unpaired) electrons.